The van der Waals surface area contributed by atoms with Crippen LogP contribution in [0.1, 0.15) is 18.7 Å². The van der Waals surface area contributed by atoms with Crippen molar-refractivity contribution >= 4 is 9.84 Å². The summed E-state index contributed by atoms with van der Waals surface area (Å²) in [5.41, 5.74) is 0.523. The Morgan fingerprint density at radius 2 is 2.23 bits per heavy atom. The third kappa shape index (κ3) is 3.72. The summed E-state index contributed by atoms with van der Waals surface area (Å²) in [6.45, 7) is 0.614. The van der Waals surface area contributed by atoms with E-state index in [1.54, 1.807) is 12.1 Å². The molecule has 1 saturated heterocycles. The van der Waals surface area contributed by atoms with E-state index in [1.807, 2.05) is 0 Å². The van der Waals surface area contributed by atoms with Crippen molar-refractivity contribution in [3.05, 3.63) is 42.2 Å². The summed E-state index contributed by atoms with van der Waals surface area (Å²) in [6, 6.07) is 5.87. The van der Waals surface area contributed by atoms with Crippen LogP contribution in [-0.4, -0.2) is 31.9 Å². The van der Waals surface area contributed by atoms with Gasteiger partial charge in [0.1, 0.15) is 11.6 Å². The minimum atomic E-state index is -3.35. The van der Waals surface area contributed by atoms with Gasteiger partial charge >= 0.3 is 0 Å². The lowest BCUT2D eigenvalue weighted by Gasteiger charge is -2.08. The Balaban J connectivity index is 1.71. The lowest BCUT2D eigenvalue weighted by molar-refractivity contribution is 0.127. The minimum absolute atomic E-state index is 0.0231. The fourth-order valence-electron chi connectivity index (χ4n) is 2.46. The molecule has 1 atom stereocenters. The predicted molar refractivity (Wildman–Crippen MR) is 78.4 cm³/mol. The predicted octanol–water partition coefficient (Wildman–Crippen LogP) is 2.57. The zero-order chi connectivity index (χ0) is 15.6. The van der Waals surface area contributed by atoms with Crippen LogP contribution in [-0.2, 0) is 20.3 Å². The quantitative estimate of drug-likeness (QED) is 0.845. The maximum absolute atomic E-state index is 13.2. The van der Waals surface area contributed by atoms with Crippen LogP contribution < -0.4 is 0 Å². The smallest absolute Gasteiger partial charge is 0.210 e. The number of nitrogens with zero attached hydrogens (tertiary/aromatic N) is 1. The van der Waals surface area contributed by atoms with Crippen molar-refractivity contribution in [1.82, 2.24) is 4.98 Å². The molecule has 1 aromatic heterocycles. The molecule has 0 bridgehead atoms. The van der Waals surface area contributed by atoms with Gasteiger partial charge in [0, 0.05) is 12.2 Å². The molecule has 0 spiro atoms. The summed E-state index contributed by atoms with van der Waals surface area (Å²) in [4.78, 5) is 3.97. The van der Waals surface area contributed by atoms with Gasteiger partial charge in [-0.15, -0.1) is 0 Å². The zero-order valence-electron chi connectivity index (χ0n) is 11.9. The van der Waals surface area contributed by atoms with Crippen molar-refractivity contribution in [2.75, 3.05) is 12.4 Å². The molecule has 0 radical (unpaired) electrons. The molecule has 0 amide bonds. The lowest BCUT2D eigenvalue weighted by Crippen LogP contribution is -2.21. The van der Waals surface area contributed by atoms with E-state index in [0.717, 1.165) is 12.8 Å². The number of halogens is 1. The second-order valence-electron chi connectivity index (χ2n) is 5.32. The Morgan fingerprint density at radius 1 is 1.36 bits per heavy atom. The first-order valence-electron chi connectivity index (χ1n) is 7.04. The Bertz CT molecular complexity index is 750. The van der Waals surface area contributed by atoms with Gasteiger partial charge in [0.05, 0.1) is 18.1 Å². The second-order valence-corrected chi connectivity index (χ2v) is 7.43. The molecule has 0 N–H and O–H groups in total. The van der Waals surface area contributed by atoms with Gasteiger partial charge in [0.25, 0.3) is 0 Å². The topological polar surface area (TPSA) is 69.4 Å². The van der Waals surface area contributed by atoms with E-state index in [0.29, 0.717) is 17.9 Å². The lowest BCUT2D eigenvalue weighted by atomic mass is 10.2. The average molecular weight is 325 g/mol. The third-order valence-electron chi connectivity index (χ3n) is 3.47. The van der Waals surface area contributed by atoms with Crippen molar-refractivity contribution in [3.8, 4) is 11.3 Å². The number of sulfone groups is 1. The zero-order valence-corrected chi connectivity index (χ0v) is 12.7. The van der Waals surface area contributed by atoms with Crippen LogP contribution >= 0.6 is 0 Å². The number of benzene rings is 1. The molecule has 5 nitrogen and oxygen atoms in total. The van der Waals surface area contributed by atoms with Gasteiger partial charge in [-0.1, -0.05) is 12.1 Å². The van der Waals surface area contributed by atoms with Gasteiger partial charge in [-0.05, 0) is 25.0 Å². The maximum Gasteiger partial charge on any atom is 0.210 e. The van der Waals surface area contributed by atoms with E-state index in [4.69, 9.17) is 9.15 Å². The van der Waals surface area contributed by atoms with E-state index in [2.05, 4.69) is 4.98 Å². The molecule has 2 aromatic rings. The molecule has 118 valence electrons. The Kier molecular flexibility index (Phi) is 4.26. The Labute approximate surface area is 128 Å². The highest BCUT2D eigenvalue weighted by Crippen LogP contribution is 2.22. The minimum Gasteiger partial charge on any atom is -0.440 e. The molecule has 22 heavy (non-hydrogen) atoms. The van der Waals surface area contributed by atoms with Gasteiger partial charge in [-0.3, -0.25) is 0 Å². The highest BCUT2D eigenvalue weighted by atomic mass is 32.2. The number of aromatic nitrogens is 1. The third-order valence-corrected chi connectivity index (χ3v) is 5.04. The van der Waals surface area contributed by atoms with E-state index in [9.17, 15) is 12.8 Å². The van der Waals surface area contributed by atoms with Crippen LogP contribution in [0.4, 0.5) is 4.39 Å². The molecule has 3 rings (SSSR count). The van der Waals surface area contributed by atoms with Crippen molar-refractivity contribution in [2.45, 2.75) is 24.7 Å². The van der Waals surface area contributed by atoms with Crippen molar-refractivity contribution in [3.63, 3.8) is 0 Å². The van der Waals surface area contributed by atoms with Gasteiger partial charge in [0.15, 0.2) is 15.6 Å². The van der Waals surface area contributed by atoms with Gasteiger partial charge < -0.3 is 9.15 Å². The van der Waals surface area contributed by atoms with E-state index in [-0.39, 0.29) is 29.3 Å². The molecule has 1 fully saturated rings. The molecule has 1 aliphatic heterocycles. The normalized spacial score (nSPS) is 18.7. The highest BCUT2D eigenvalue weighted by Gasteiger charge is 2.25. The molecule has 1 unspecified atom stereocenters. The Morgan fingerprint density at radius 3 is 2.95 bits per heavy atom. The Hall–Kier alpha value is -1.73. The summed E-state index contributed by atoms with van der Waals surface area (Å²) < 4.78 is 48.2. The molecule has 7 heteroatoms. The average Bonchev–Trinajstić information content (AvgIpc) is 3.09. The van der Waals surface area contributed by atoms with Crippen LogP contribution in [0.3, 0.4) is 0 Å². The van der Waals surface area contributed by atoms with Crippen LogP contribution in [0.25, 0.3) is 11.3 Å². The first-order valence-corrected chi connectivity index (χ1v) is 8.87. The summed E-state index contributed by atoms with van der Waals surface area (Å²) in [7, 11) is -3.35. The summed E-state index contributed by atoms with van der Waals surface area (Å²) in [5, 5.41) is 0. The number of hydrogen-bond donors (Lipinski definition) is 0. The van der Waals surface area contributed by atoms with E-state index < -0.39 is 9.84 Å². The maximum atomic E-state index is 13.2. The van der Waals surface area contributed by atoms with Crippen LogP contribution in [0.2, 0.25) is 0 Å². The van der Waals surface area contributed by atoms with Gasteiger partial charge in [0.2, 0.25) is 5.89 Å². The fourth-order valence-corrected chi connectivity index (χ4v) is 3.92. The molecular formula is C15H16FNO4S. The highest BCUT2D eigenvalue weighted by molar-refractivity contribution is 7.90. The van der Waals surface area contributed by atoms with Crippen LogP contribution in [0.5, 0.6) is 0 Å². The number of oxazole rings is 1. The second kappa shape index (κ2) is 6.18. The molecule has 0 aliphatic carbocycles. The summed E-state index contributed by atoms with van der Waals surface area (Å²) in [6.07, 6.45) is 2.83. The SMILES string of the molecule is O=S(=O)(Cc1ncc(-c2cccc(F)c2)o1)CC1CCCO1. The van der Waals surface area contributed by atoms with Gasteiger partial charge in [-0.2, -0.15) is 0 Å². The van der Waals surface area contributed by atoms with E-state index in [1.165, 1.54) is 18.3 Å². The first kappa shape index (κ1) is 15.2. The van der Waals surface area contributed by atoms with Crippen LogP contribution in [0.15, 0.2) is 34.9 Å². The number of ether oxygens (including phenoxy) is 1. The van der Waals surface area contributed by atoms with Crippen molar-refractivity contribution < 1.29 is 22.0 Å². The monoisotopic (exact) mass is 325 g/mol. The number of hydrogen-bond acceptors (Lipinski definition) is 5. The molecule has 0 saturated carbocycles. The summed E-state index contributed by atoms with van der Waals surface area (Å²) >= 11 is 0. The summed E-state index contributed by atoms with van der Waals surface area (Å²) in [5.74, 6) is -0.229. The van der Waals surface area contributed by atoms with Crippen molar-refractivity contribution in [1.29, 1.82) is 0 Å². The first-order chi connectivity index (χ1) is 10.5. The fraction of sp³-hybridized carbons (Fsp3) is 0.400. The molecular weight excluding hydrogens is 309 g/mol. The molecule has 1 aromatic carbocycles. The van der Waals surface area contributed by atoms with E-state index >= 15 is 0 Å². The standard InChI is InChI=1S/C15H16FNO4S/c16-12-4-1-3-11(7-12)14-8-17-15(21-14)10-22(18,19)9-13-5-2-6-20-13/h1,3-4,7-8,13H,2,5-6,9-10H2. The van der Waals surface area contributed by atoms with Crippen molar-refractivity contribution in [2.24, 2.45) is 0 Å². The molecule has 1 aliphatic rings. The number of rotatable bonds is 5. The van der Waals surface area contributed by atoms with Gasteiger partial charge in [-0.25, -0.2) is 17.8 Å². The van der Waals surface area contributed by atoms with Crippen LogP contribution in [0, 0.1) is 5.82 Å². The molecule has 2 heterocycles. The largest absolute Gasteiger partial charge is 0.440 e.